The first-order valence-electron chi connectivity index (χ1n) is 11.7. The first-order valence-corrected chi connectivity index (χ1v) is 14.1. The Hall–Kier alpha value is -3.55. The molecule has 0 radical (unpaired) electrons. The first-order chi connectivity index (χ1) is 19.3. The lowest BCUT2D eigenvalue weighted by Gasteiger charge is -2.05. The molecule has 6 heterocycles. The van der Waals surface area contributed by atoms with Gasteiger partial charge in [-0.05, 0) is 57.2 Å². The zero-order chi connectivity index (χ0) is 28.9. The summed E-state index contributed by atoms with van der Waals surface area (Å²) in [7, 11) is 0. The molecule has 6 aromatic rings. The molecule has 0 amide bonds. The minimum absolute atomic E-state index is 0.413. The van der Waals surface area contributed by atoms with Gasteiger partial charge < -0.3 is 0 Å². The molecule has 0 spiro atoms. The maximum Gasteiger partial charge on any atom is 0.216 e. The molecule has 13 heteroatoms. The number of hydrogen-bond donors (Lipinski definition) is 1. The normalized spacial score (nSPS) is 9.88. The van der Waals surface area contributed by atoms with Gasteiger partial charge in [0.15, 0.2) is 11.6 Å². The highest BCUT2D eigenvalue weighted by Gasteiger charge is 2.05. The van der Waals surface area contributed by atoms with Crippen molar-refractivity contribution in [3.05, 3.63) is 128 Å². The van der Waals surface area contributed by atoms with Gasteiger partial charge in [-0.15, -0.1) is 0 Å². The van der Waals surface area contributed by atoms with E-state index >= 15 is 0 Å². The second kappa shape index (κ2) is 15.9. The summed E-state index contributed by atoms with van der Waals surface area (Å²) in [6.45, 7) is 5.69. The second-order valence-corrected chi connectivity index (χ2v) is 10.4. The second-order valence-electron chi connectivity index (χ2n) is 7.86. The Morgan fingerprint density at radius 2 is 1.10 bits per heavy atom. The quantitative estimate of drug-likeness (QED) is 0.187. The highest BCUT2D eigenvalue weighted by Crippen LogP contribution is 2.20. The van der Waals surface area contributed by atoms with Gasteiger partial charge in [-0.1, -0.05) is 47.8 Å². The van der Waals surface area contributed by atoms with Crippen LogP contribution in [-0.2, 0) is 0 Å². The lowest BCUT2D eigenvalue weighted by Crippen LogP contribution is -2.00. The van der Waals surface area contributed by atoms with E-state index in [0.29, 0.717) is 5.56 Å². The Morgan fingerprint density at radius 1 is 0.625 bits per heavy atom. The van der Waals surface area contributed by atoms with E-state index in [1.807, 2.05) is 56.6 Å². The average Bonchev–Trinajstić information content (AvgIpc) is 3.77. The fraction of sp³-hybridized carbons (Fsp3) is 0.111. The third kappa shape index (κ3) is 9.00. The van der Waals surface area contributed by atoms with Crippen molar-refractivity contribution in [2.45, 2.75) is 20.8 Å². The van der Waals surface area contributed by atoms with E-state index in [2.05, 4.69) is 83.1 Å². The van der Waals surface area contributed by atoms with Crippen LogP contribution in [0.25, 0.3) is 11.6 Å². The molecule has 0 saturated carbocycles. The van der Waals surface area contributed by atoms with Gasteiger partial charge in [0.25, 0.3) is 0 Å². The maximum absolute atomic E-state index is 12.4. The number of nitrogens with one attached hydrogen (secondary N) is 1. The zero-order valence-corrected chi connectivity index (χ0v) is 26.5. The van der Waals surface area contributed by atoms with Gasteiger partial charge >= 0.3 is 0 Å². The van der Waals surface area contributed by atoms with Crippen LogP contribution in [0, 0.1) is 26.7 Å². The topological polar surface area (TPSA) is 103 Å². The number of rotatable bonds is 2. The lowest BCUT2D eigenvalue weighted by molar-refractivity contribution is 0.573. The molecule has 0 aliphatic heterocycles. The highest BCUT2D eigenvalue weighted by molar-refractivity contribution is 9.11. The minimum Gasteiger partial charge on any atom is -0.286 e. The van der Waals surface area contributed by atoms with Crippen LogP contribution in [0.15, 0.2) is 106 Å². The van der Waals surface area contributed by atoms with Crippen molar-refractivity contribution in [1.82, 2.24) is 44.7 Å². The fourth-order valence-electron chi connectivity index (χ4n) is 2.96. The molecular formula is C27H25Br3FN9. The molecule has 0 unspecified atom stereocenters. The monoisotopic (exact) mass is 731 g/mol. The van der Waals surface area contributed by atoms with Crippen LogP contribution in [0.3, 0.4) is 0 Å². The number of hydrogen-bond acceptors (Lipinski definition) is 6. The van der Waals surface area contributed by atoms with Gasteiger partial charge in [0.1, 0.15) is 0 Å². The van der Waals surface area contributed by atoms with E-state index in [4.69, 9.17) is 0 Å². The lowest BCUT2D eigenvalue weighted by atomic mass is 10.3. The molecule has 0 atom stereocenters. The zero-order valence-electron chi connectivity index (χ0n) is 21.7. The Morgan fingerprint density at radius 3 is 1.43 bits per heavy atom. The number of H-pyrrole nitrogens is 1. The summed E-state index contributed by atoms with van der Waals surface area (Å²) in [5.41, 5.74) is 2.73. The fourth-order valence-corrected chi connectivity index (χ4v) is 3.83. The van der Waals surface area contributed by atoms with Crippen molar-refractivity contribution in [2.75, 3.05) is 0 Å². The SMILES string of the molecule is Cc1c(Br)ccnc1-n1cccn1.Cc1c(Br)ccnc1-n1cccn1.Cc1c(Br)ccnc1F.c1cn[nH]c1. The predicted octanol–water partition coefficient (Wildman–Crippen LogP) is 7.38. The molecule has 6 aromatic heterocycles. The van der Waals surface area contributed by atoms with E-state index in [0.717, 1.165) is 36.2 Å². The number of pyridine rings is 3. The van der Waals surface area contributed by atoms with Crippen molar-refractivity contribution in [1.29, 1.82) is 0 Å². The van der Waals surface area contributed by atoms with Gasteiger partial charge in [-0.25, -0.2) is 24.3 Å². The maximum atomic E-state index is 12.4. The van der Waals surface area contributed by atoms with E-state index in [-0.39, 0.29) is 0 Å². The molecular weight excluding hydrogens is 709 g/mol. The molecule has 0 saturated heterocycles. The van der Waals surface area contributed by atoms with Crippen molar-refractivity contribution in [3.63, 3.8) is 0 Å². The number of halogens is 4. The van der Waals surface area contributed by atoms with E-state index in [1.54, 1.807) is 59.5 Å². The molecule has 0 aliphatic carbocycles. The molecule has 0 bridgehead atoms. The molecule has 1 N–H and O–H groups in total. The molecule has 0 fully saturated rings. The van der Waals surface area contributed by atoms with Crippen LogP contribution in [0.4, 0.5) is 4.39 Å². The van der Waals surface area contributed by atoms with Crippen molar-refractivity contribution in [2.24, 2.45) is 0 Å². The summed E-state index contributed by atoms with van der Waals surface area (Å²) in [6, 6.07) is 11.1. The third-order valence-corrected chi connectivity index (χ3v) is 7.73. The van der Waals surface area contributed by atoms with Crippen LogP contribution >= 0.6 is 47.8 Å². The van der Waals surface area contributed by atoms with Gasteiger partial charge in [-0.3, -0.25) is 5.10 Å². The summed E-state index contributed by atoms with van der Waals surface area (Å²) in [4.78, 5) is 11.9. The van der Waals surface area contributed by atoms with Crippen LogP contribution < -0.4 is 0 Å². The highest BCUT2D eigenvalue weighted by atomic mass is 79.9. The molecule has 0 aromatic carbocycles. The van der Waals surface area contributed by atoms with Crippen molar-refractivity contribution < 1.29 is 4.39 Å². The standard InChI is InChI=1S/2C9H8BrN3.C6H5BrFN.C3H4N2/c2*1-7-8(10)3-5-11-9(7)13-6-2-4-12-13;1-4-5(7)2-3-9-6(4)8;1-2-4-5-3-1/h2*2-6H,1H3;2-3H,1H3;1-3H,(H,4,5). The van der Waals surface area contributed by atoms with Crippen LogP contribution in [-0.4, -0.2) is 44.7 Å². The van der Waals surface area contributed by atoms with E-state index in [1.165, 1.54) is 6.20 Å². The summed E-state index contributed by atoms with van der Waals surface area (Å²) in [5, 5.41) is 14.5. The molecule has 9 nitrogen and oxygen atoms in total. The van der Waals surface area contributed by atoms with Gasteiger partial charge in [-0.2, -0.15) is 19.7 Å². The Kier molecular flexibility index (Phi) is 12.3. The minimum atomic E-state index is -0.413. The summed E-state index contributed by atoms with van der Waals surface area (Å²) < 4.78 is 18.8. The predicted molar refractivity (Wildman–Crippen MR) is 163 cm³/mol. The van der Waals surface area contributed by atoms with Gasteiger partial charge in [0.05, 0.1) is 0 Å². The smallest absolute Gasteiger partial charge is 0.216 e. The largest absolute Gasteiger partial charge is 0.286 e. The Bertz CT molecular complexity index is 1450. The van der Waals surface area contributed by atoms with E-state index in [9.17, 15) is 4.39 Å². The molecule has 40 heavy (non-hydrogen) atoms. The van der Waals surface area contributed by atoms with Crippen molar-refractivity contribution >= 4 is 47.8 Å². The molecule has 206 valence electrons. The van der Waals surface area contributed by atoms with Crippen LogP contribution in [0.1, 0.15) is 16.7 Å². The number of nitrogens with zero attached hydrogens (tertiary/aromatic N) is 8. The Labute approximate surface area is 256 Å². The first kappa shape index (κ1) is 31.0. The summed E-state index contributed by atoms with van der Waals surface area (Å²) in [5.74, 6) is 1.31. The third-order valence-electron chi connectivity index (χ3n) is 5.15. The average molecular weight is 734 g/mol. The van der Waals surface area contributed by atoms with Crippen molar-refractivity contribution in [3.8, 4) is 11.6 Å². The van der Waals surface area contributed by atoms with E-state index < -0.39 is 5.95 Å². The van der Waals surface area contributed by atoms with Gasteiger partial charge in [0.2, 0.25) is 5.95 Å². The van der Waals surface area contributed by atoms with Crippen LogP contribution in [0.5, 0.6) is 0 Å². The number of aromatic amines is 1. The molecule has 0 aliphatic rings. The molecule has 6 rings (SSSR count). The summed E-state index contributed by atoms with van der Waals surface area (Å²) in [6.07, 6.45) is 15.6. The summed E-state index contributed by atoms with van der Waals surface area (Å²) >= 11 is 10.1. The Balaban J connectivity index is 0.000000154. The van der Waals surface area contributed by atoms with Gasteiger partial charge in [0, 0.05) is 85.9 Å². The van der Waals surface area contributed by atoms with Crippen LogP contribution in [0.2, 0.25) is 0 Å². The number of aromatic nitrogens is 9.